The van der Waals surface area contributed by atoms with Crippen LogP contribution in [-0.2, 0) is 5.75 Å². The first kappa shape index (κ1) is 13.8. The minimum absolute atomic E-state index is 0.666. The molecular weight excluding hydrogens is 280 g/mol. The van der Waals surface area contributed by atoms with Gasteiger partial charge in [-0.05, 0) is 42.8 Å². The largest absolute Gasteiger partial charge is 0.444 e. The van der Waals surface area contributed by atoms with Crippen molar-refractivity contribution in [1.82, 2.24) is 4.98 Å². The molecule has 0 aliphatic heterocycles. The number of hydrogen-bond acceptors (Lipinski definition) is 4. The summed E-state index contributed by atoms with van der Waals surface area (Å²) >= 11 is 1.73. The molecule has 0 spiro atoms. The van der Waals surface area contributed by atoms with Crippen LogP contribution in [0.15, 0.2) is 64.1 Å². The fraction of sp³-hybridized carbons (Fsp3) is 0.118. The second-order valence-corrected chi connectivity index (χ2v) is 5.87. The normalized spacial score (nSPS) is 10.7. The highest BCUT2D eigenvalue weighted by Crippen LogP contribution is 2.27. The molecule has 0 amide bonds. The second kappa shape index (κ2) is 6.06. The maximum Gasteiger partial charge on any atom is 0.226 e. The molecule has 3 nitrogen and oxygen atoms in total. The van der Waals surface area contributed by atoms with Gasteiger partial charge < -0.3 is 10.2 Å². The van der Waals surface area contributed by atoms with Crippen molar-refractivity contribution in [1.29, 1.82) is 0 Å². The second-order valence-electron chi connectivity index (χ2n) is 4.82. The highest BCUT2D eigenvalue weighted by atomic mass is 32.2. The molecule has 2 N–H and O–H groups in total. The van der Waals surface area contributed by atoms with Crippen LogP contribution in [0.2, 0.25) is 0 Å². The minimum Gasteiger partial charge on any atom is -0.444 e. The van der Waals surface area contributed by atoms with Crippen LogP contribution in [0.1, 0.15) is 11.3 Å². The molecule has 0 saturated carbocycles. The zero-order chi connectivity index (χ0) is 14.7. The van der Waals surface area contributed by atoms with E-state index in [0.29, 0.717) is 5.89 Å². The Kier molecular flexibility index (Phi) is 3.97. The molecular formula is C17H16N2OS. The van der Waals surface area contributed by atoms with Crippen molar-refractivity contribution in [2.75, 3.05) is 5.73 Å². The van der Waals surface area contributed by atoms with Gasteiger partial charge >= 0.3 is 0 Å². The summed E-state index contributed by atoms with van der Waals surface area (Å²) in [5.74, 6) is 1.44. The SMILES string of the molecule is Cc1cc(SCc2coc(-c3ccccc3)n2)ccc1N. The standard InChI is InChI=1S/C17H16N2OS/c1-12-9-15(7-8-16(12)18)21-11-14-10-20-17(19-14)13-5-3-2-4-6-13/h2-10H,11,18H2,1H3. The number of thioether (sulfide) groups is 1. The average Bonchev–Trinajstić information content (AvgIpc) is 2.98. The molecule has 2 aromatic carbocycles. The van der Waals surface area contributed by atoms with E-state index in [1.807, 2.05) is 49.4 Å². The number of aromatic nitrogens is 1. The Morgan fingerprint density at radius 1 is 1.14 bits per heavy atom. The molecule has 0 aliphatic rings. The molecule has 0 saturated heterocycles. The number of nitrogens with zero attached hydrogens (tertiary/aromatic N) is 1. The van der Waals surface area contributed by atoms with Crippen LogP contribution in [-0.4, -0.2) is 4.98 Å². The lowest BCUT2D eigenvalue weighted by molar-refractivity contribution is 0.573. The van der Waals surface area contributed by atoms with Crippen molar-refractivity contribution < 1.29 is 4.42 Å². The maximum absolute atomic E-state index is 5.83. The fourth-order valence-electron chi connectivity index (χ4n) is 1.98. The lowest BCUT2D eigenvalue weighted by Gasteiger charge is -2.03. The van der Waals surface area contributed by atoms with Crippen LogP contribution in [0.3, 0.4) is 0 Å². The molecule has 21 heavy (non-hydrogen) atoms. The van der Waals surface area contributed by atoms with E-state index < -0.39 is 0 Å². The summed E-state index contributed by atoms with van der Waals surface area (Å²) in [5.41, 5.74) is 9.69. The van der Waals surface area contributed by atoms with E-state index in [9.17, 15) is 0 Å². The minimum atomic E-state index is 0.666. The summed E-state index contributed by atoms with van der Waals surface area (Å²) in [6, 6.07) is 16.0. The Labute approximate surface area is 128 Å². The molecule has 0 aliphatic carbocycles. The van der Waals surface area contributed by atoms with Crippen LogP contribution < -0.4 is 5.73 Å². The van der Waals surface area contributed by atoms with Gasteiger partial charge in [0.2, 0.25) is 5.89 Å². The van der Waals surface area contributed by atoms with Gasteiger partial charge in [0.15, 0.2) is 0 Å². The van der Waals surface area contributed by atoms with E-state index in [-0.39, 0.29) is 0 Å². The van der Waals surface area contributed by atoms with Crippen LogP contribution in [0.4, 0.5) is 5.69 Å². The van der Waals surface area contributed by atoms with Crippen LogP contribution in [0.5, 0.6) is 0 Å². The van der Waals surface area contributed by atoms with Gasteiger partial charge in [-0.1, -0.05) is 18.2 Å². The van der Waals surface area contributed by atoms with Crippen molar-refractivity contribution >= 4 is 17.4 Å². The number of benzene rings is 2. The maximum atomic E-state index is 5.83. The Hall–Kier alpha value is -2.20. The molecule has 0 fully saturated rings. The number of aryl methyl sites for hydroxylation is 1. The first-order valence-electron chi connectivity index (χ1n) is 6.71. The Balaban J connectivity index is 1.69. The molecule has 106 valence electrons. The Morgan fingerprint density at radius 2 is 1.95 bits per heavy atom. The molecule has 0 bridgehead atoms. The number of nitrogen functional groups attached to an aromatic ring is 1. The topological polar surface area (TPSA) is 52.0 Å². The monoisotopic (exact) mass is 296 g/mol. The van der Waals surface area contributed by atoms with Gasteiger partial charge in [0.1, 0.15) is 6.26 Å². The van der Waals surface area contributed by atoms with E-state index in [4.69, 9.17) is 10.2 Å². The molecule has 0 radical (unpaired) electrons. The summed E-state index contributed by atoms with van der Waals surface area (Å²) in [4.78, 5) is 5.71. The van der Waals surface area contributed by atoms with Crippen molar-refractivity contribution in [3.05, 3.63) is 66.1 Å². The van der Waals surface area contributed by atoms with Gasteiger partial charge in [0.25, 0.3) is 0 Å². The van der Waals surface area contributed by atoms with Gasteiger partial charge in [-0.15, -0.1) is 11.8 Å². The molecule has 3 aromatic rings. The zero-order valence-corrected chi connectivity index (χ0v) is 12.6. The zero-order valence-electron chi connectivity index (χ0n) is 11.7. The van der Waals surface area contributed by atoms with Crippen LogP contribution in [0, 0.1) is 6.92 Å². The van der Waals surface area contributed by atoms with Gasteiger partial charge in [-0.25, -0.2) is 4.98 Å². The van der Waals surface area contributed by atoms with Gasteiger partial charge in [0.05, 0.1) is 5.69 Å². The van der Waals surface area contributed by atoms with Gasteiger partial charge in [-0.3, -0.25) is 0 Å². The first-order chi connectivity index (χ1) is 10.2. The number of oxazole rings is 1. The Morgan fingerprint density at radius 3 is 2.71 bits per heavy atom. The molecule has 3 rings (SSSR count). The summed E-state index contributed by atoms with van der Waals surface area (Å²) in [6.45, 7) is 2.02. The first-order valence-corrected chi connectivity index (χ1v) is 7.70. The summed E-state index contributed by atoms with van der Waals surface area (Å²) < 4.78 is 5.54. The van der Waals surface area contributed by atoms with Crippen molar-refractivity contribution in [3.63, 3.8) is 0 Å². The highest BCUT2D eigenvalue weighted by Gasteiger charge is 2.07. The lowest BCUT2D eigenvalue weighted by Crippen LogP contribution is -1.89. The summed E-state index contributed by atoms with van der Waals surface area (Å²) in [7, 11) is 0. The van der Waals surface area contributed by atoms with E-state index in [1.54, 1.807) is 18.0 Å². The average molecular weight is 296 g/mol. The van der Waals surface area contributed by atoms with Gasteiger partial charge in [0, 0.05) is 21.9 Å². The molecule has 0 unspecified atom stereocenters. The van der Waals surface area contributed by atoms with Crippen molar-refractivity contribution in [2.45, 2.75) is 17.6 Å². The van der Waals surface area contributed by atoms with Crippen molar-refractivity contribution in [2.24, 2.45) is 0 Å². The number of anilines is 1. The predicted octanol–water partition coefficient (Wildman–Crippen LogP) is 4.52. The highest BCUT2D eigenvalue weighted by molar-refractivity contribution is 7.98. The molecule has 1 heterocycles. The number of hydrogen-bond donors (Lipinski definition) is 1. The van der Waals surface area contributed by atoms with E-state index in [2.05, 4.69) is 11.1 Å². The summed E-state index contributed by atoms with van der Waals surface area (Å²) in [5, 5.41) is 0. The number of nitrogens with two attached hydrogens (primary N) is 1. The third-order valence-electron chi connectivity index (χ3n) is 3.20. The van der Waals surface area contributed by atoms with Crippen LogP contribution >= 0.6 is 11.8 Å². The molecule has 0 atom stereocenters. The van der Waals surface area contributed by atoms with Gasteiger partial charge in [-0.2, -0.15) is 0 Å². The van der Waals surface area contributed by atoms with E-state index >= 15 is 0 Å². The van der Waals surface area contributed by atoms with Crippen LogP contribution in [0.25, 0.3) is 11.5 Å². The smallest absolute Gasteiger partial charge is 0.226 e. The fourth-order valence-corrected chi connectivity index (χ4v) is 2.85. The third-order valence-corrected chi connectivity index (χ3v) is 4.23. The van der Waals surface area contributed by atoms with E-state index in [1.165, 1.54) is 4.90 Å². The predicted molar refractivity (Wildman–Crippen MR) is 87.1 cm³/mol. The Bertz CT molecular complexity index is 738. The number of rotatable bonds is 4. The molecule has 1 aromatic heterocycles. The quantitative estimate of drug-likeness (QED) is 0.568. The molecule has 4 heteroatoms. The lowest BCUT2D eigenvalue weighted by atomic mass is 10.2. The van der Waals surface area contributed by atoms with Crippen molar-refractivity contribution in [3.8, 4) is 11.5 Å². The third kappa shape index (κ3) is 3.28. The van der Waals surface area contributed by atoms with E-state index in [0.717, 1.165) is 28.3 Å². The summed E-state index contributed by atoms with van der Waals surface area (Å²) in [6.07, 6.45) is 1.72.